The highest BCUT2D eigenvalue weighted by molar-refractivity contribution is 6.46. The quantitative estimate of drug-likeness (QED) is 0.330. The Bertz CT molecular complexity index is 902. The average molecular weight is 418 g/mol. The van der Waals surface area contributed by atoms with E-state index in [1.54, 1.807) is 13.0 Å². The van der Waals surface area contributed by atoms with Crippen LogP contribution in [0.4, 0.5) is 11.4 Å². The second-order valence-electron chi connectivity index (χ2n) is 5.12. The molecule has 0 spiro atoms. The van der Waals surface area contributed by atoms with Crippen molar-refractivity contribution in [3.05, 3.63) is 66.6 Å². The third-order valence-electron chi connectivity index (χ3n) is 3.21. The van der Waals surface area contributed by atoms with Gasteiger partial charge in [-0.25, -0.2) is 4.79 Å². The van der Waals surface area contributed by atoms with Gasteiger partial charge in [0.2, 0.25) is 0 Å². The normalized spacial score (nSPS) is 10.3. The number of nitro groups is 1. The smallest absolute Gasteiger partial charge is 0.341 e. The molecule has 10 heteroatoms. The molecule has 0 saturated carbocycles. The summed E-state index contributed by atoms with van der Waals surface area (Å²) in [5.74, 6) is -1.71. The summed E-state index contributed by atoms with van der Waals surface area (Å²) in [6.45, 7) is 0.988. The summed E-state index contributed by atoms with van der Waals surface area (Å²) in [7, 11) is 0. The number of nitro benzene ring substituents is 1. The van der Waals surface area contributed by atoms with Crippen LogP contribution in [0.1, 0.15) is 15.9 Å². The second kappa shape index (κ2) is 8.35. The number of aryl methyl sites for hydroxylation is 1. The molecule has 0 atom stereocenters. The van der Waals surface area contributed by atoms with Crippen molar-refractivity contribution in [2.24, 2.45) is 0 Å². The predicted molar refractivity (Wildman–Crippen MR) is 98.2 cm³/mol. The van der Waals surface area contributed by atoms with Gasteiger partial charge in [0.25, 0.3) is 11.6 Å². The molecule has 0 fully saturated rings. The molecule has 7 nitrogen and oxygen atoms in total. The summed E-state index contributed by atoms with van der Waals surface area (Å²) in [4.78, 5) is 34.4. The van der Waals surface area contributed by atoms with Gasteiger partial charge in [0.05, 0.1) is 25.6 Å². The maximum Gasteiger partial charge on any atom is 0.341 e. The largest absolute Gasteiger partial charge is 0.452 e. The molecule has 0 unspecified atom stereocenters. The maximum atomic E-state index is 12.1. The summed E-state index contributed by atoms with van der Waals surface area (Å²) in [5, 5.41) is 13.4. The molecule has 2 aromatic carbocycles. The number of nitrogens with one attached hydrogen (secondary N) is 1. The third-order valence-corrected chi connectivity index (χ3v) is 4.33. The van der Waals surface area contributed by atoms with E-state index in [0.29, 0.717) is 5.56 Å². The van der Waals surface area contributed by atoms with E-state index in [-0.39, 0.29) is 32.0 Å². The van der Waals surface area contributed by atoms with Crippen molar-refractivity contribution in [1.82, 2.24) is 0 Å². The molecule has 0 aliphatic heterocycles. The highest BCUT2D eigenvalue weighted by atomic mass is 35.5. The number of amides is 1. The molecule has 0 aromatic heterocycles. The maximum absolute atomic E-state index is 12.1. The molecular formula is C16H11Cl3N2O5. The van der Waals surface area contributed by atoms with Gasteiger partial charge in [-0.2, -0.15) is 0 Å². The van der Waals surface area contributed by atoms with E-state index in [9.17, 15) is 19.7 Å². The lowest BCUT2D eigenvalue weighted by Gasteiger charge is -2.10. The Balaban J connectivity index is 2.07. The number of ether oxygens (including phenoxy) is 1. The number of nitrogens with zero attached hydrogens (tertiary/aromatic N) is 1. The Morgan fingerprint density at radius 3 is 2.46 bits per heavy atom. The van der Waals surface area contributed by atoms with Crippen molar-refractivity contribution in [2.75, 3.05) is 11.9 Å². The lowest BCUT2D eigenvalue weighted by molar-refractivity contribution is -0.384. The first-order chi connectivity index (χ1) is 12.2. The van der Waals surface area contributed by atoms with Crippen LogP contribution in [-0.2, 0) is 9.53 Å². The van der Waals surface area contributed by atoms with Crippen molar-refractivity contribution in [3.63, 3.8) is 0 Å². The van der Waals surface area contributed by atoms with Crippen molar-refractivity contribution in [3.8, 4) is 0 Å². The van der Waals surface area contributed by atoms with E-state index in [0.717, 1.165) is 0 Å². The lowest BCUT2D eigenvalue weighted by atomic mass is 10.2. The number of rotatable bonds is 5. The Morgan fingerprint density at radius 2 is 1.81 bits per heavy atom. The molecule has 2 rings (SSSR count). The SMILES string of the molecule is Cc1ccc(NC(=O)COC(=O)c2c(Cl)ccc(Cl)c2Cl)c([N+](=O)[O-])c1. The first kappa shape index (κ1) is 20.0. The molecule has 136 valence electrons. The summed E-state index contributed by atoms with van der Waals surface area (Å²) in [6, 6.07) is 7.07. The van der Waals surface area contributed by atoms with Crippen LogP contribution in [0.2, 0.25) is 15.1 Å². The monoisotopic (exact) mass is 416 g/mol. The highest BCUT2D eigenvalue weighted by Gasteiger charge is 2.21. The van der Waals surface area contributed by atoms with E-state index >= 15 is 0 Å². The first-order valence-corrected chi connectivity index (χ1v) is 8.19. The van der Waals surface area contributed by atoms with E-state index in [1.807, 2.05) is 0 Å². The molecule has 0 aliphatic carbocycles. The summed E-state index contributed by atoms with van der Waals surface area (Å²) >= 11 is 17.6. The van der Waals surface area contributed by atoms with Crippen LogP contribution in [0.25, 0.3) is 0 Å². The van der Waals surface area contributed by atoms with Crippen molar-refractivity contribution < 1.29 is 19.2 Å². The number of carbonyl (C=O) groups is 2. The van der Waals surface area contributed by atoms with Crippen LogP contribution < -0.4 is 5.32 Å². The van der Waals surface area contributed by atoms with Gasteiger partial charge in [0, 0.05) is 6.07 Å². The van der Waals surface area contributed by atoms with Crippen LogP contribution in [0.15, 0.2) is 30.3 Å². The molecule has 1 amide bonds. The minimum atomic E-state index is -0.948. The fourth-order valence-corrected chi connectivity index (χ4v) is 2.68. The summed E-state index contributed by atoms with van der Waals surface area (Å²) in [5.41, 5.74) is 0.201. The molecule has 2 aromatic rings. The number of hydrogen-bond donors (Lipinski definition) is 1. The standard InChI is InChI=1S/C16H11Cl3N2O5/c1-8-2-5-11(12(6-8)21(24)25)20-13(22)7-26-16(23)14-9(17)3-4-10(18)15(14)19/h2-6H,7H2,1H3,(H,20,22). The van der Waals surface area contributed by atoms with Crippen molar-refractivity contribution >= 4 is 58.1 Å². The van der Waals surface area contributed by atoms with E-state index in [2.05, 4.69) is 5.32 Å². The minimum absolute atomic E-state index is 0.0129. The average Bonchev–Trinajstić information content (AvgIpc) is 2.58. The number of esters is 1. The first-order valence-electron chi connectivity index (χ1n) is 7.06. The lowest BCUT2D eigenvalue weighted by Crippen LogP contribution is -2.21. The van der Waals surface area contributed by atoms with Gasteiger partial charge in [-0.3, -0.25) is 14.9 Å². The summed E-state index contributed by atoms with van der Waals surface area (Å²) < 4.78 is 4.85. The Labute approximate surface area is 162 Å². The zero-order valence-corrected chi connectivity index (χ0v) is 15.5. The zero-order valence-electron chi connectivity index (χ0n) is 13.2. The van der Waals surface area contributed by atoms with E-state index in [1.165, 1.54) is 24.3 Å². The number of hydrogen-bond acceptors (Lipinski definition) is 5. The highest BCUT2D eigenvalue weighted by Crippen LogP contribution is 2.32. The van der Waals surface area contributed by atoms with Crippen LogP contribution >= 0.6 is 34.8 Å². The topological polar surface area (TPSA) is 98.5 Å². The number of anilines is 1. The fourth-order valence-electron chi connectivity index (χ4n) is 2.00. The predicted octanol–water partition coefficient (Wildman–Crippen LogP) is 4.66. The number of halogens is 3. The van der Waals surface area contributed by atoms with Gasteiger partial charge < -0.3 is 10.1 Å². The fraction of sp³-hybridized carbons (Fsp3) is 0.125. The Kier molecular flexibility index (Phi) is 6.42. The zero-order chi connectivity index (χ0) is 19.4. The van der Waals surface area contributed by atoms with Gasteiger partial charge in [-0.05, 0) is 30.7 Å². The molecule has 0 bridgehead atoms. The van der Waals surface area contributed by atoms with Crippen molar-refractivity contribution in [2.45, 2.75) is 6.92 Å². The molecule has 1 N–H and O–H groups in total. The van der Waals surface area contributed by atoms with Gasteiger partial charge in [-0.15, -0.1) is 0 Å². The van der Waals surface area contributed by atoms with Crippen LogP contribution in [0, 0.1) is 17.0 Å². The molecule has 0 radical (unpaired) electrons. The molecule has 0 aliphatic rings. The summed E-state index contributed by atoms with van der Waals surface area (Å²) in [6.07, 6.45) is 0. The third kappa shape index (κ3) is 4.63. The Hall–Kier alpha value is -2.35. The molecular weight excluding hydrogens is 407 g/mol. The van der Waals surface area contributed by atoms with Gasteiger partial charge >= 0.3 is 5.97 Å². The van der Waals surface area contributed by atoms with E-state index in [4.69, 9.17) is 39.5 Å². The molecule has 0 heterocycles. The number of benzene rings is 2. The van der Waals surface area contributed by atoms with Gasteiger partial charge in [0.1, 0.15) is 5.69 Å². The van der Waals surface area contributed by atoms with Gasteiger partial charge in [0.15, 0.2) is 6.61 Å². The van der Waals surface area contributed by atoms with Crippen LogP contribution in [0.3, 0.4) is 0 Å². The molecule has 0 saturated heterocycles. The van der Waals surface area contributed by atoms with Crippen LogP contribution in [-0.4, -0.2) is 23.4 Å². The van der Waals surface area contributed by atoms with E-state index < -0.39 is 23.4 Å². The minimum Gasteiger partial charge on any atom is -0.452 e. The van der Waals surface area contributed by atoms with Gasteiger partial charge in [-0.1, -0.05) is 40.9 Å². The Morgan fingerprint density at radius 1 is 1.15 bits per heavy atom. The van der Waals surface area contributed by atoms with Crippen LogP contribution in [0.5, 0.6) is 0 Å². The number of carbonyl (C=O) groups excluding carboxylic acids is 2. The molecule has 26 heavy (non-hydrogen) atoms. The van der Waals surface area contributed by atoms with Crippen molar-refractivity contribution in [1.29, 1.82) is 0 Å². The second-order valence-corrected chi connectivity index (χ2v) is 6.31.